The third kappa shape index (κ3) is 8.28. The van der Waals surface area contributed by atoms with E-state index in [4.69, 9.17) is 23.8 Å². The van der Waals surface area contributed by atoms with Gasteiger partial charge in [-0.25, -0.2) is 0 Å². The minimum atomic E-state index is -2.05. The molecule has 1 amide bonds. The Morgan fingerprint density at radius 1 is 0.982 bits per heavy atom. The van der Waals surface area contributed by atoms with Gasteiger partial charge in [-0.1, -0.05) is 51.1 Å². The molecule has 2 aromatic rings. The number of fused-ring (bicyclic) bond motifs is 14. The van der Waals surface area contributed by atoms with Crippen LogP contribution in [-0.4, -0.2) is 93.3 Å². The molecule has 300 valence electrons. The first-order valence-corrected chi connectivity index (χ1v) is 18.1. The normalized spacial score (nSPS) is 31.4. The number of amides is 1. The van der Waals surface area contributed by atoms with Gasteiger partial charge in [-0.05, 0) is 26.8 Å². The fourth-order valence-electron chi connectivity index (χ4n) is 7.04. The number of hydrogen-bond acceptors (Lipinski definition) is 14. The number of phenolic OH excluding ortho intramolecular Hbond substituents is 3. The van der Waals surface area contributed by atoms with Crippen LogP contribution < -0.4 is 10.1 Å². The summed E-state index contributed by atoms with van der Waals surface area (Å²) in [6.45, 7) is 14.2. The number of carbonyl (C=O) groups is 3. The van der Waals surface area contributed by atoms with Gasteiger partial charge < -0.3 is 54.6 Å². The topological polar surface area (TPSA) is 223 Å². The lowest BCUT2D eigenvalue weighted by atomic mass is 9.78. The van der Waals surface area contributed by atoms with E-state index >= 15 is 0 Å². The molecule has 3 aliphatic rings. The molecule has 5 rings (SSSR count). The molecule has 9 unspecified atom stereocenters. The highest BCUT2D eigenvalue weighted by molar-refractivity contribution is 6.23. The number of carbonyl (C=O) groups excluding carboxylic acids is 3. The van der Waals surface area contributed by atoms with Gasteiger partial charge in [-0.15, -0.1) is 0 Å². The standard InChI is InChI=1S/C40H52N2O13/c1-11-53-41-17-25-30-35(48)28-27(34(25)47)29-37(23(7)33(28)46)55-40(9,38(29)49)52-16-15-26(51-10)20(4)36(54-24(8)43)22(6)32(45)21(5)31(44)18(2)13-12-14-19(3)39(50)42-30/h12-18,20-22,26,31-32,36,44-48H,11H2,1-10H3,(H,42,50)/b13-12-,16-15-,19-14-,41-17-. The molecule has 55 heavy (non-hydrogen) atoms. The zero-order chi connectivity index (χ0) is 41.1. The Kier molecular flexibility index (Phi) is 13.3. The van der Waals surface area contributed by atoms with E-state index in [9.17, 15) is 39.9 Å². The summed E-state index contributed by atoms with van der Waals surface area (Å²) < 4.78 is 23.4. The largest absolute Gasteiger partial charge is 0.507 e. The van der Waals surface area contributed by atoms with Gasteiger partial charge in [0.05, 0.1) is 53.0 Å². The molecular formula is C40H52N2O13. The molecule has 9 atom stereocenters. The van der Waals surface area contributed by atoms with Crippen LogP contribution in [0.25, 0.3) is 10.8 Å². The molecule has 0 saturated heterocycles. The average Bonchev–Trinajstić information content (AvgIpc) is 3.41. The molecule has 6 N–H and O–H groups in total. The second kappa shape index (κ2) is 17.1. The molecule has 0 spiro atoms. The van der Waals surface area contributed by atoms with Crippen molar-refractivity contribution in [3.63, 3.8) is 0 Å². The second-order valence-corrected chi connectivity index (χ2v) is 14.3. The van der Waals surface area contributed by atoms with Crippen LogP contribution in [0.5, 0.6) is 23.0 Å². The number of methoxy groups -OCH3 is 1. The predicted octanol–water partition coefficient (Wildman–Crippen LogP) is 5.12. The van der Waals surface area contributed by atoms with Gasteiger partial charge in [0.15, 0.2) is 5.75 Å². The Bertz CT molecular complexity index is 1940. The number of rotatable bonds is 5. The lowest BCUT2D eigenvalue weighted by molar-refractivity contribution is -0.160. The number of anilines is 1. The molecule has 0 aromatic heterocycles. The van der Waals surface area contributed by atoms with Crippen LogP contribution in [0.4, 0.5) is 5.69 Å². The Morgan fingerprint density at radius 2 is 1.65 bits per heavy atom. The number of nitrogens with one attached hydrogen (secondary N) is 1. The summed E-state index contributed by atoms with van der Waals surface area (Å²) in [6.07, 6.45) is 4.49. The molecule has 0 aliphatic carbocycles. The number of phenols is 3. The van der Waals surface area contributed by atoms with E-state index in [0.717, 1.165) is 6.21 Å². The highest BCUT2D eigenvalue weighted by atomic mass is 16.7. The van der Waals surface area contributed by atoms with Crippen molar-refractivity contribution in [1.82, 2.24) is 0 Å². The van der Waals surface area contributed by atoms with Crippen molar-refractivity contribution >= 4 is 40.3 Å². The highest BCUT2D eigenvalue weighted by Gasteiger charge is 2.50. The predicted molar refractivity (Wildman–Crippen MR) is 203 cm³/mol. The number of benzene rings is 2. The van der Waals surface area contributed by atoms with E-state index in [1.54, 1.807) is 46.8 Å². The first-order chi connectivity index (χ1) is 25.8. The van der Waals surface area contributed by atoms with Crippen LogP contribution in [0.2, 0.25) is 0 Å². The number of esters is 1. The van der Waals surface area contributed by atoms with Gasteiger partial charge in [0.1, 0.15) is 30.0 Å². The van der Waals surface area contributed by atoms with Crippen LogP contribution in [0, 0.1) is 30.6 Å². The number of nitrogens with zero attached hydrogens (tertiary/aromatic N) is 1. The SMILES string of the molecule is CCO/N=C\c1c2c(O)c3c(O)c(C)c4c(c3c1O)C(=O)C(C)(O/C=C\C(OC)C(C)C(OC(C)=O)C(C)C(O)C(C)C(O)C(C)/C=C\C=C(\C)C(=O)N2)O4. The Labute approximate surface area is 319 Å². The number of hydrogen-bond donors (Lipinski definition) is 6. The number of ether oxygens (including phenoxy) is 4. The van der Waals surface area contributed by atoms with E-state index in [1.807, 2.05) is 0 Å². The van der Waals surface area contributed by atoms with Gasteiger partial charge >= 0.3 is 11.8 Å². The maximum atomic E-state index is 14.2. The minimum absolute atomic E-state index is 0.0345. The van der Waals surface area contributed by atoms with Crippen LogP contribution in [0.1, 0.15) is 76.9 Å². The number of aromatic hydroxyl groups is 3. The third-order valence-electron chi connectivity index (χ3n) is 10.4. The Hall–Kier alpha value is -5.12. The first-order valence-electron chi connectivity index (χ1n) is 18.1. The van der Waals surface area contributed by atoms with Crippen molar-refractivity contribution in [2.24, 2.45) is 28.8 Å². The molecule has 0 saturated carbocycles. The zero-order valence-electron chi connectivity index (χ0n) is 32.7. The van der Waals surface area contributed by atoms with Crippen molar-refractivity contribution < 1.29 is 63.7 Å². The van der Waals surface area contributed by atoms with Crippen molar-refractivity contribution in [3.8, 4) is 23.0 Å². The zero-order valence-corrected chi connectivity index (χ0v) is 32.7. The summed E-state index contributed by atoms with van der Waals surface area (Å²) in [5.74, 6) is -8.61. The van der Waals surface area contributed by atoms with E-state index in [2.05, 4.69) is 10.5 Å². The smallest absolute Gasteiger partial charge is 0.312 e. The van der Waals surface area contributed by atoms with Gasteiger partial charge in [0.2, 0.25) is 0 Å². The molecule has 0 fully saturated rings. The molecule has 5 bridgehead atoms. The Morgan fingerprint density at radius 3 is 2.27 bits per heavy atom. The summed E-state index contributed by atoms with van der Waals surface area (Å²) in [4.78, 5) is 45.1. The van der Waals surface area contributed by atoms with Crippen molar-refractivity contribution in [2.45, 2.75) is 92.5 Å². The molecule has 3 aliphatic heterocycles. The molecule has 15 nitrogen and oxygen atoms in total. The average molecular weight is 769 g/mol. The van der Waals surface area contributed by atoms with E-state index < -0.39 is 88.8 Å². The van der Waals surface area contributed by atoms with Crippen LogP contribution in [0.3, 0.4) is 0 Å². The lowest BCUT2D eigenvalue weighted by Gasteiger charge is -2.38. The van der Waals surface area contributed by atoms with Crippen molar-refractivity contribution in [1.29, 1.82) is 0 Å². The first kappa shape index (κ1) is 42.6. The van der Waals surface area contributed by atoms with Crippen molar-refractivity contribution in [2.75, 3.05) is 19.0 Å². The molecule has 2 aromatic carbocycles. The molecular weight excluding hydrogens is 716 g/mol. The van der Waals surface area contributed by atoms with Crippen LogP contribution in [-0.2, 0) is 28.6 Å². The van der Waals surface area contributed by atoms with Gasteiger partial charge in [0.25, 0.3) is 11.7 Å². The van der Waals surface area contributed by atoms with E-state index in [1.165, 1.54) is 53.2 Å². The maximum absolute atomic E-state index is 14.2. The number of Topliss-reactive ketones (excluding diaryl/α,β-unsaturated/α-hetero) is 1. The molecule has 3 heterocycles. The van der Waals surface area contributed by atoms with Gasteiger partial charge in [-0.3, -0.25) is 14.4 Å². The van der Waals surface area contributed by atoms with Crippen LogP contribution >= 0.6 is 0 Å². The van der Waals surface area contributed by atoms with Crippen LogP contribution in [0.15, 0.2) is 41.3 Å². The second-order valence-electron chi connectivity index (χ2n) is 14.3. The maximum Gasteiger partial charge on any atom is 0.312 e. The summed E-state index contributed by atoms with van der Waals surface area (Å²) in [5.41, 5.74) is -0.610. The summed E-state index contributed by atoms with van der Waals surface area (Å²) in [6, 6.07) is 0. The third-order valence-corrected chi connectivity index (χ3v) is 10.4. The fourth-order valence-corrected chi connectivity index (χ4v) is 7.04. The quantitative estimate of drug-likeness (QED) is 0.0765. The molecule has 15 heteroatoms. The number of ketones is 1. The lowest BCUT2D eigenvalue weighted by Crippen LogP contribution is -2.46. The summed E-state index contributed by atoms with van der Waals surface area (Å²) in [7, 11) is 1.42. The summed E-state index contributed by atoms with van der Waals surface area (Å²) in [5, 5.41) is 63.3. The number of aliphatic hydroxyl groups excluding tert-OH is 2. The monoisotopic (exact) mass is 768 g/mol. The number of allylic oxidation sites excluding steroid dienone is 2. The number of aliphatic hydroxyl groups is 2. The minimum Gasteiger partial charge on any atom is -0.507 e. The Balaban J connectivity index is 1.97. The van der Waals surface area contributed by atoms with E-state index in [0.29, 0.717) is 0 Å². The van der Waals surface area contributed by atoms with E-state index in [-0.39, 0.29) is 51.1 Å². The van der Waals surface area contributed by atoms with Gasteiger partial charge in [-0.2, -0.15) is 0 Å². The summed E-state index contributed by atoms with van der Waals surface area (Å²) >= 11 is 0. The van der Waals surface area contributed by atoms with Crippen molar-refractivity contribution in [3.05, 3.63) is 52.8 Å². The fraction of sp³-hybridized carbons (Fsp3) is 0.500. The highest BCUT2D eigenvalue weighted by Crippen LogP contribution is 2.55. The van der Waals surface area contributed by atoms with Gasteiger partial charge in [0, 0.05) is 61.2 Å². The number of oxime groups is 1. The molecule has 0 radical (unpaired) electrons.